The summed E-state index contributed by atoms with van der Waals surface area (Å²) in [6, 6.07) is 9.93. The Morgan fingerprint density at radius 2 is 1.87 bits per heavy atom. The van der Waals surface area contributed by atoms with Crippen LogP contribution < -0.4 is 10.1 Å². The molecule has 0 aliphatic heterocycles. The molecule has 1 aromatic carbocycles. The summed E-state index contributed by atoms with van der Waals surface area (Å²) >= 11 is 0. The molecule has 0 aliphatic carbocycles. The Morgan fingerprint density at radius 1 is 1.13 bits per heavy atom. The molecule has 84 valence electrons. The van der Waals surface area contributed by atoms with Crippen molar-refractivity contribution in [2.75, 3.05) is 19.7 Å². The van der Waals surface area contributed by atoms with Crippen LogP contribution in [0.25, 0.3) is 0 Å². The summed E-state index contributed by atoms with van der Waals surface area (Å²) in [5, 5.41) is 3.36. The van der Waals surface area contributed by atoms with Crippen molar-refractivity contribution in [2.24, 2.45) is 5.92 Å². The predicted octanol–water partition coefficient (Wildman–Crippen LogP) is 2.70. The van der Waals surface area contributed by atoms with E-state index in [0.717, 1.165) is 31.4 Å². The highest BCUT2D eigenvalue weighted by Gasteiger charge is 1.94. The van der Waals surface area contributed by atoms with Gasteiger partial charge in [-0.15, -0.1) is 0 Å². The smallest absolute Gasteiger partial charge is 0.119 e. The van der Waals surface area contributed by atoms with Crippen molar-refractivity contribution in [1.82, 2.24) is 5.32 Å². The third kappa shape index (κ3) is 6.13. The van der Waals surface area contributed by atoms with E-state index in [9.17, 15) is 0 Å². The number of benzene rings is 1. The second-order valence-electron chi connectivity index (χ2n) is 4.09. The van der Waals surface area contributed by atoms with Crippen LogP contribution in [0.3, 0.4) is 0 Å². The first kappa shape index (κ1) is 12.1. The van der Waals surface area contributed by atoms with Gasteiger partial charge in [0.25, 0.3) is 0 Å². The second-order valence-corrected chi connectivity index (χ2v) is 4.09. The molecule has 0 spiro atoms. The molecule has 0 amide bonds. The van der Waals surface area contributed by atoms with E-state index in [1.54, 1.807) is 0 Å². The number of nitrogens with one attached hydrogen (secondary N) is 1. The quantitative estimate of drug-likeness (QED) is 0.694. The molecule has 0 aliphatic rings. The minimum Gasteiger partial charge on any atom is -0.492 e. The minimum atomic E-state index is 0.738. The second kappa shape index (κ2) is 7.30. The number of hydrogen-bond acceptors (Lipinski definition) is 2. The summed E-state index contributed by atoms with van der Waals surface area (Å²) < 4.78 is 5.55. The minimum absolute atomic E-state index is 0.738. The highest BCUT2D eigenvalue weighted by molar-refractivity contribution is 5.20. The molecule has 0 radical (unpaired) electrons. The van der Waals surface area contributed by atoms with Crippen molar-refractivity contribution >= 4 is 0 Å². The molecule has 0 atom stereocenters. The van der Waals surface area contributed by atoms with Gasteiger partial charge in [0.1, 0.15) is 12.4 Å². The summed E-state index contributed by atoms with van der Waals surface area (Å²) in [6.07, 6.45) is 1.23. The first-order chi connectivity index (χ1) is 7.29. The summed E-state index contributed by atoms with van der Waals surface area (Å²) in [6.45, 7) is 7.21. The van der Waals surface area contributed by atoms with Gasteiger partial charge in [-0.25, -0.2) is 0 Å². The lowest BCUT2D eigenvalue weighted by molar-refractivity contribution is 0.312. The standard InChI is InChI=1S/C13H21NO/c1-12(2)8-9-14-10-11-15-13-6-4-3-5-7-13/h3-7,12,14H,8-11H2,1-2H3. The Labute approximate surface area is 92.6 Å². The molecule has 1 rings (SSSR count). The first-order valence-electron chi connectivity index (χ1n) is 5.67. The van der Waals surface area contributed by atoms with E-state index in [2.05, 4.69) is 19.2 Å². The van der Waals surface area contributed by atoms with Crippen LogP contribution in [0, 0.1) is 5.92 Å². The Balaban J connectivity index is 1.98. The number of para-hydroxylation sites is 1. The lowest BCUT2D eigenvalue weighted by Gasteiger charge is -2.08. The molecule has 0 heterocycles. The van der Waals surface area contributed by atoms with Gasteiger partial charge in [0.15, 0.2) is 0 Å². The zero-order valence-electron chi connectivity index (χ0n) is 9.70. The molecule has 2 heteroatoms. The number of rotatable bonds is 7. The van der Waals surface area contributed by atoms with Gasteiger partial charge >= 0.3 is 0 Å². The zero-order valence-corrected chi connectivity index (χ0v) is 9.70. The average Bonchev–Trinajstić information content (AvgIpc) is 2.24. The van der Waals surface area contributed by atoms with Crippen molar-refractivity contribution in [3.05, 3.63) is 30.3 Å². The lowest BCUT2D eigenvalue weighted by atomic mass is 10.1. The Morgan fingerprint density at radius 3 is 2.53 bits per heavy atom. The fraction of sp³-hybridized carbons (Fsp3) is 0.538. The van der Waals surface area contributed by atoms with Crippen LogP contribution in [0.15, 0.2) is 30.3 Å². The summed E-state index contributed by atoms with van der Waals surface area (Å²) in [7, 11) is 0. The van der Waals surface area contributed by atoms with Crippen LogP contribution in [0.2, 0.25) is 0 Å². The highest BCUT2D eigenvalue weighted by atomic mass is 16.5. The maximum absolute atomic E-state index is 5.55. The summed E-state index contributed by atoms with van der Waals surface area (Å²) in [5.41, 5.74) is 0. The lowest BCUT2D eigenvalue weighted by Crippen LogP contribution is -2.22. The van der Waals surface area contributed by atoms with E-state index in [1.165, 1.54) is 6.42 Å². The Hall–Kier alpha value is -1.02. The van der Waals surface area contributed by atoms with Crippen molar-refractivity contribution in [3.63, 3.8) is 0 Å². The van der Waals surface area contributed by atoms with E-state index < -0.39 is 0 Å². The molecule has 1 aromatic rings. The number of ether oxygens (including phenoxy) is 1. The van der Waals surface area contributed by atoms with E-state index >= 15 is 0 Å². The van der Waals surface area contributed by atoms with Crippen molar-refractivity contribution in [2.45, 2.75) is 20.3 Å². The molecule has 0 aromatic heterocycles. The molecule has 1 N–H and O–H groups in total. The third-order valence-corrected chi connectivity index (χ3v) is 2.19. The summed E-state index contributed by atoms with van der Waals surface area (Å²) in [5.74, 6) is 1.72. The first-order valence-corrected chi connectivity index (χ1v) is 5.67. The van der Waals surface area contributed by atoms with Crippen molar-refractivity contribution < 1.29 is 4.74 Å². The van der Waals surface area contributed by atoms with Gasteiger partial charge in [-0.2, -0.15) is 0 Å². The van der Waals surface area contributed by atoms with Gasteiger partial charge in [-0.3, -0.25) is 0 Å². The van der Waals surface area contributed by atoms with E-state index in [-0.39, 0.29) is 0 Å². The van der Waals surface area contributed by atoms with Crippen LogP contribution >= 0.6 is 0 Å². The van der Waals surface area contributed by atoms with Crippen LogP contribution in [-0.2, 0) is 0 Å². The normalized spacial score (nSPS) is 10.6. The SMILES string of the molecule is CC(C)CCNCCOc1ccccc1. The van der Waals surface area contributed by atoms with Crippen LogP contribution in [-0.4, -0.2) is 19.7 Å². The van der Waals surface area contributed by atoms with Crippen LogP contribution in [0.5, 0.6) is 5.75 Å². The molecule has 0 unspecified atom stereocenters. The predicted molar refractivity (Wildman–Crippen MR) is 64.3 cm³/mol. The number of hydrogen-bond donors (Lipinski definition) is 1. The fourth-order valence-corrected chi connectivity index (χ4v) is 1.27. The van der Waals surface area contributed by atoms with Gasteiger partial charge in [0.2, 0.25) is 0 Å². The summed E-state index contributed by atoms with van der Waals surface area (Å²) in [4.78, 5) is 0. The van der Waals surface area contributed by atoms with Crippen molar-refractivity contribution in [3.8, 4) is 5.75 Å². The third-order valence-electron chi connectivity index (χ3n) is 2.19. The van der Waals surface area contributed by atoms with E-state index in [1.807, 2.05) is 30.3 Å². The largest absolute Gasteiger partial charge is 0.492 e. The van der Waals surface area contributed by atoms with Crippen molar-refractivity contribution in [1.29, 1.82) is 0 Å². The van der Waals surface area contributed by atoms with Gasteiger partial charge in [-0.1, -0.05) is 32.0 Å². The van der Waals surface area contributed by atoms with Gasteiger partial charge in [0.05, 0.1) is 0 Å². The van der Waals surface area contributed by atoms with Crippen LogP contribution in [0.4, 0.5) is 0 Å². The van der Waals surface area contributed by atoms with Gasteiger partial charge < -0.3 is 10.1 Å². The molecular formula is C13H21NO. The molecule has 0 fully saturated rings. The van der Waals surface area contributed by atoms with E-state index in [4.69, 9.17) is 4.74 Å². The molecule has 15 heavy (non-hydrogen) atoms. The maximum Gasteiger partial charge on any atom is 0.119 e. The molecular weight excluding hydrogens is 186 g/mol. The highest BCUT2D eigenvalue weighted by Crippen LogP contribution is 2.07. The molecule has 2 nitrogen and oxygen atoms in total. The fourth-order valence-electron chi connectivity index (χ4n) is 1.27. The molecule has 0 bridgehead atoms. The van der Waals surface area contributed by atoms with Gasteiger partial charge in [0, 0.05) is 6.54 Å². The Bertz CT molecular complexity index is 246. The monoisotopic (exact) mass is 207 g/mol. The van der Waals surface area contributed by atoms with Gasteiger partial charge in [-0.05, 0) is 31.0 Å². The topological polar surface area (TPSA) is 21.3 Å². The van der Waals surface area contributed by atoms with E-state index in [0.29, 0.717) is 0 Å². The molecule has 0 saturated carbocycles. The Kier molecular flexibility index (Phi) is 5.86. The van der Waals surface area contributed by atoms with Crippen LogP contribution in [0.1, 0.15) is 20.3 Å². The maximum atomic E-state index is 5.55. The molecule has 0 saturated heterocycles. The zero-order chi connectivity index (χ0) is 10.9. The average molecular weight is 207 g/mol.